The van der Waals surface area contributed by atoms with E-state index in [4.69, 9.17) is 14.2 Å². The quantitative estimate of drug-likeness (QED) is 0.509. The SMILES string of the molecule is COc1cc(NC(=O)NCCn2nc(-c3cccs3)n(C3CC3)c2=O)cc(OC)c1OC. The van der Waals surface area contributed by atoms with E-state index in [1.54, 1.807) is 28.0 Å². The van der Waals surface area contributed by atoms with Crippen LogP contribution in [0.3, 0.4) is 0 Å². The summed E-state index contributed by atoms with van der Waals surface area (Å²) in [6.07, 6.45) is 1.97. The molecule has 2 amide bonds. The first kappa shape index (κ1) is 21.8. The van der Waals surface area contributed by atoms with Gasteiger partial charge in [-0.25, -0.2) is 14.3 Å². The Morgan fingerprint density at radius 2 is 1.91 bits per heavy atom. The number of methoxy groups -OCH3 is 3. The van der Waals surface area contributed by atoms with E-state index >= 15 is 0 Å². The van der Waals surface area contributed by atoms with Crippen LogP contribution in [0.5, 0.6) is 17.2 Å². The summed E-state index contributed by atoms with van der Waals surface area (Å²) in [4.78, 5) is 26.2. The first-order chi connectivity index (χ1) is 15.5. The Labute approximate surface area is 188 Å². The maximum Gasteiger partial charge on any atom is 0.346 e. The number of aromatic nitrogens is 3. The second-order valence-corrected chi connectivity index (χ2v) is 8.15. The minimum Gasteiger partial charge on any atom is -0.493 e. The molecule has 0 bridgehead atoms. The van der Waals surface area contributed by atoms with Crippen molar-refractivity contribution < 1.29 is 19.0 Å². The summed E-state index contributed by atoms with van der Waals surface area (Å²) in [5.74, 6) is 1.99. The third kappa shape index (κ3) is 4.42. The van der Waals surface area contributed by atoms with Crippen LogP contribution in [-0.2, 0) is 6.54 Å². The van der Waals surface area contributed by atoms with E-state index in [2.05, 4.69) is 15.7 Å². The lowest BCUT2D eigenvalue weighted by molar-refractivity contribution is 0.251. The summed E-state index contributed by atoms with van der Waals surface area (Å²) in [5.41, 5.74) is 0.329. The number of hydrogen-bond donors (Lipinski definition) is 2. The Hall–Kier alpha value is -3.47. The van der Waals surface area contributed by atoms with Crippen LogP contribution in [0.25, 0.3) is 10.7 Å². The van der Waals surface area contributed by atoms with Gasteiger partial charge in [0.1, 0.15) is 0 Å². The van der Waals surface area contributed by atoms with Crippen molar-refractivity contribution in [3.05, 3.63) is 40.1 Å². The molecule has 3 aromatic rings. The second kappa shape index (κ2) is 9.35. The zero-order valence-corrected chi connectivity index (χ0v) is 18.9. The number of benzene rings is 1. The van der Waals surface area contributed by atoms with Gasteiger partial charge < -0.3 is 24.8 Å². The van der Waals surface area contributed by atoms with Crippen LogP contribution in [0.1, 0.15) is 18.9 Å². The number of anilines is 1. The number of carbonyl (C=O) groups excluding carboxylic acids is 1. The molecule has 1 fully saturated rings. The number of hydrogen-bond acceptors (Lipinski definition) is 7. The summed E-state index contributed by atoms with van der Waals surface area (Å²) >= 11 is 1.55. The highest BCUT2D eigenvalue weighted by Crippen LogP contribution is 2.40. The molecule has 0 radical (unpaired) electrons. The van der Waals surface area contributed by atoms with Crippen molar-refractivity contribution in [3.63, 3.8) is 0 Å². The number of thiophene rings is 1. The molecule has 10 nitrogen and oxygen atoms in total. The van der Waals surface area contributed by atoms with Crippen LogP contribution in [0.2, 0.25) is 0 Å². The summed E-state index contributed by atoms with van der Waals surface area (Å²) in [6.45, 7) is 0.501. The smallest absolute Gasteiger partial charge is 0.346 e. The topological polar surface area (TPSA) is 109 Å². The van der Waals surface area contributed by atoms with Crippen LogP contribution < -0.4 is 30.5 Å². The van der Waals surface area contributed by atoms with Crippen LogP contribution in [0, 0.1) is 0 Å². The van der Waals surface area contributed by atoms with Gasteiger partial charge >= 0.3 is 11.7 Å². The van der Waals surface area contributed by atoms with Crippen LogP contribution in [-0.4, -0.2) is 48.3 Å². The van der Waals surface area contributed by atoms with Crippen molar-refractivity contribution in [2.75, 3.05) is 33.2 Å². The lowest BCUT2D eigenvalue weighted by atomic mass is 10.2. The van der Waals surface area contributed by atoms with Crippen molar-refractivity contribution >= 4 is 23.1 Å². The second-order valence-electron chi connectivity index (χ2n) is 7.20. The van der Waals surface area contributed by atoms with Gasteiger partial charge in [0, 0.05) is 24.7 Å². The molecule has 32 heavy (non-hydrogen) atoms. The van der Waals surface area contributed by atoms with E-state index in [0.717, 1.165) is 17.7 Å². The lowest BCUT2D eigenvalue weighted by Gasteiger charge is -2.14. The third-order valence-electron chi connectivity index (χ3n) is 5.06. The van der Waals surface area contributed by atoms with Gasteiger partial charge in [0.15, 0.2) is 17.3 Å². The minimum atomic E-state index is -0.424. The van der Waals surface area contributed by atoms with Crippen molar-refractivity contribution in [2.24, 2.45) is 0 Å². The van der Waals surface area contributed by atoms with Crippen molar-refractivity contribution in [2.45, 2.75) is 25.4 Å². The maximum atomic E-state index is 12.8. The monoisotopic (exact) mass is 459 g/mol. The average Bonchev–Trinajstić information content (AvgIpc) is 3.36. The van der Waals surface area contributed by atoms with Crippen molar-refractivity contribution in [1.29, 1.82) is 0 Å². The molecule has 11 heteroatoms. The van der Waals surface area contributed by atoms with E-state index < -0.39 is 6.03 Å². The lowest BCUT2D eigenvalue weighted by Crippen LogP contribution is -2.34. The van der Waals surface area contributed by atoms with Gasteiger partial charge in [-0.3, -0.25) is 4.57 Å². The summed E-state index contributed by atoms with van der Waals surface area (Å²) in [7, 11) is 4.52. The molecule has 1 aliphatic carbocycles. The Balaban J connectivity index is 1.41. The van der Waals surface area contributed by atoms with E-state index in [1.165, 1.54) is 26.0 Å². The van der Waals surface area contributed by atoms with Crippen LogP contribution >= 0.6 is 11.3 Å². The summed E-state index contributed by atoms with van der Waals surface area (Å²) in [6, 6.07) is 6.96. The van der Waals surface area contributed by atoms with Gasteiger partial charge in [-0.05, 0) is 24.3 Å². The number of nitrogens with zero attached hydrogens (tertiary/aromatic N) is 3. The Kier molecular flexibility index (Phi) is 6.35. The van der Waals surface area contributed by atoms with Gasteiger partial charge in [-0.15, -0.1) is 16.4 Å². The van der Waals surface area contributed by atoms with E-state index in [-0.39, 0.29) is 24.8 Å². The molecule has 0 unspecified atom stereocenters. The Morgan fingerprint density at radius 3 is 2.47 bits per heavy atom. The highest BCUT2D eigenvalue weighted by Gasteiger charge is 2.30. The molecule has 2 heterocycles. The molecule has 170 valence electrons. The minimum absolute atomic E-state index is 0.150. The number of ether oxygens (including phenoxy) is 3. The normalized spacial score (nSPS) is 13.0. The first-order valence-electron chi connectivity index (χ1n) is 10.1. The molecule has 1 aliphatic rings. The molecule has 2 N–H and O–H groups in total. The largest absolute Gasteiger partial charge is 0.493 e. The highest BCUT2D eigenvalue weighted by atomic mass is 32.1. The fourth-order valence-corrected chi connectivity index (χ4v) is 4.11. The molecule has 2 aromatic heterocycles. The molecule has 0 aliphatic heterocycles. The molecular formula is C21H25N5O5S. The van der Waals surface area contributed by atoms with Gasteiger partial charge in [0.25, 0.3) is 0 Å². The number of rotatable bonds is 9. The number of urea groups is 1. The van der Waals surface area contributed by atoms with Gasteiger partial charge in [0.2, 0.25) is 5.75 Å². The fraction of sp³-hybridized carbons (Fsp3) is 0.381. The highest BCUT2D eigenvalue weighted by molar-refractivity contribution is 7.13. The van der Waals surface area contributed by atoms with E-state index in [0.29, 0.717) is 28.8 Å². The summed E-state index contributed by atoms with van der Waals surface area (Å²) < 4.78 is 19.1. The van der Waals surface area contributed by atoms with Gasteiger partial charge in [0.05, 0.1) is 38.4 Å². The molecule has 1 aromatic carbocycles. The standard InChI is InChI=1S/C21H25N5O5S/c1-29-15-11-13(12-16(30-2)18(15)31-3)23-20(27)22-8-9-25-21(28)26(14-6-7-14)19(24-25)17-5-4-10-32-17/h4-5,10-12,14H,6-9H2,1-3H3,(H2,22,23,27). The molecule has 4 rings (SSSR count). The molecule has 1 saturated carbocycles. The average molecular weight is 460 g/mol. The molecular weight excluding hydrogens is 434 g/mol. The van der Waals surface area contributed by atoms with Crippen LogP contribution in [0.4, 0.5) is 10.5 Å². The van der Waals surface area contributed by atoms with E-state index in [1.807, 2.05) is 17.5 Å². The predicted molar refractivity (Wildman–Crippen MR) is 121 cm³/mol. The Morgan fingerprint density at radius 1 is 1.19 bits per heavy atom. The molecule has 0 saturated heterocycles. The van der Waals surface area contributed by atoms with Gasteiger partial charge in [-0.1, -0.05) is 6.07 Å². The molecule has 0 spiro atoms. The zero-order chi connectivity index (χ0) is 22.7. The number of nitrogens with one attached hydrogen (secondary N) is 2. The summed E-state index contributed by atoms with van der Waals surface area (Å²) in [5, 5.41) is 12.0. The fourth-order valence-electron chi connectivity index (χ4n) is 3.41. The third-order valence-corrected chi connectivity index (χ3v) is 5.92. The van der Waals surface area contributed by atoms with Crippen molar-refractivity contribution in [1.82, 2.24) is 19.7 Å². The van der Waals surface area contributed by atoms with Crippen molar-refractivity contribution in [3.8, 4) is 28.0 Å². The maximum absolute atomic E-state index is 12.8. The Bertz CT molecular complexity index is 1130. The first-order valence-corrected chi connectivity index (χ1v) is 11.0. The predicted octanol–water partition coefficient (Wildman–Crippen LogP) is 2.96. The molecule has 0 atom stereocenters. The number of carbonyl (C=O) groups is 1. The van der Waals surface area contributed by atoms with E-state index in [9.17, 15) is 9.59 Å². The zero-order valence-electron chi connectivity index (χ0n) is 18.1. The van der Waals surface area contributed by atoms with Crippen LogP contribution in [0.15, 0.2) is 34.4 Å². The van der Waals surface area contributed by atoms with Gasteiger partial charge in [-0.2, -0.15) is 0 Å². The number of amides is 2.